The van der Waals surface area contributed by atoms with Crippen molar-refractivity contribution in [2.75, 3.05) is 25.0 Å². The summed E-state index contributed by atoms with van der Waals surface area (Å²) in [6.45, 7) is 10.1. The van der Waals surface area contributed by atoms with E-state index in [-0.39, 0.29) is 11.5 Å². The Morgan fingerprint density at radius 1 is 1.23 bits per heavy atom. The zero-order chi connectivity index (χ0) is 18.8. The van der Waals surface area contributed by atoms with Crippen LogP contribution < -0.4 is 10.9 Å². The zero-order valence-corrected chi connectivity index (χ0v) is 15.8. The minimum absolute atomic E-state index is 0.0583. The number of amides is 1. The Kier molecular flexibility index (Phi) is 5.22. The van der Waals surface area contributed by atoms with Crippen molar-refractivity contribution in [3.63, 3.8) is 0 Å². The van der Waals surface area contributed by atoms with Gasteiger partial charge in [-0.15, -0.1) is 0 Å². The molecule has 1 amide bonds. The van der Waals surface area contributed by atoms with E-state index < -0.39 is 0 Å². The highest BCUT2D eigenvalue weighted by Crippen LogP contribution is 2.19. The first-order valence-electron chi connectivity index (χ1n) is 9.04. The van der Waals surface area contributed by atoms with Crippen molar-refractivity contribution in [2.24, 2.45) is 0 Å². The highest BCUT2D eigenvalue weighted by Gasteiger charge is 2.21. The number of carbonyl (C=O) groups is 1. The Morgan fingerprint density at radius 2 is 1.96 bits per heavy atom. The molecule has 0 atom stereocenters. The van der Waals surface area contributed by atoms with E-state index in [4.69, 9.17) is 0 Å². The molecular formula is C18H26N6O2. The predicted octanol–water partition coefficient (Wildman–Crippen LogP) is 0.951. The van der Waals surface area contributed by atoms with E-state index in [1.165, 1.54) is 0 Å². The lowest BCUT2D eigenvalue weighted by molar-refractivity contribution is -0.117. The number of nitrogens with zero attached hydrogens (tertiary/aromatic N) is 4. The first-order valence-corrected chi connectivity index (χ1v) is 9.04. The SMILES string of the molecule is CCn1nc(C)c(NC(=O)CN2CCc3nc(C)[nH]c(=O)c3CC2)c1C. The third kappa shape index (κ3) is 3.70. The third-order valence-electron chi connectivity index (χ3n) is 4.88. The van der Waals surface area contributed by atoms with Crippen LogP contribution in [0.4, 0.5) is 5.69 Å². The summed E-state index contributed by atoms with van der Waals surface area (Å²) in [7, 11) is 0. The number of rotatable bonds is 4. The standard InChI is InChI=1S/C18H26N6O2/c1-5-24-12(3)17(11(2)22-24)21-16(25)10-23-8-6-14-15(7-9-23)19-13(4)20-18(14)26/h5-10H2,1-4H3,(H,21,25)(H,19,20,26). The highest BCUT2D eigenvalue weighted by atomic mass is 16.2. The quantitative estimate of drug-likeness (QED) is 0.848. The zero-order valence-electron chi connectivity index (χ0n) is 15.8. The summed E-state index contributed by atoms with van der Waals surface area (Å²) in [5.41, 5.74) is 4.13. The van der Waals surface area contributed by atoms with Crippen LogP contribution in [0.2, 0.25) is 0 Å². The topological polar surface area (TPSA) is 95.9 Å². The van der Waals surface area contributed by atoms with Gasteiger partial charge in [-0.2, -0.15) is 5.10 Å². The second-order valence-electron chi connectivity index (χ2n) is 6.76. The number of carbonyl (C=O) groups excluding carboxylic acids is 1. The minimum atomic E-state index is -0.0594. The van der Waals surface area contributed by atoms with Crippen molar-refractivity contribution in [1.29, 1.82) is 0 Å². The van der Waals surface area contributed by atoms with Gasteiger partial charge in [0.25, 0.3) is 5.56 Å². The summed E-state index contributed by atoms with van der Waals surface area (Å²) in [5.74, 6) is 0.578. The van der Waals surface area contributed by atoms with E-state index in [1.54, 1.807) is 6.92 Å². The Balaban J connectivity index is 1.65. The lowest BCUT2D eigenvalue weighted by atomic mass is 10.1. The maximum absolute atomic E-state index is 12.5. The van der Waals surface area contributed by atoms with Crippen molar-refractivity contribution >= 4 is 11.6 Å². The fourth-order valence-corrected chi connectivity index (χ4v) is 3.50. The van der Waals surface area contributed by atoms with Gasteiger partial charge < -0.3 is 10.3 Å². The van der Waals surface area contributed by atoms with Crippen molar-refractivity contribution in [2.45, 2.75) is 47.1 Å². The molecule has 0 spiro atoms. The van der Waals surface area contributed by atoms with Crippen LogP contribution in [0.25, 0.3) is 0 Å². The molecule has 1 aliphatic heterocycles. The molecule has 0 saturated carbocycles. The van der Waals surface area contributed by atoms with Crippen LogP contribution in [0.15, 0.2) is 4.79 Å². The van der Waals surface area contributed by atoms with E-state index in [2.05, 4.69) is 25.3 Å². The van der Waals surface area contributed by atoms with Crippen LogP contribution in [0, 0.1) is 20.8 Å². The first-order chi connectivity index (χ1) is 12.4. The van der Waals surface area contributed by atoms with E-state index in [9.17, 15) is 9.59 Å². The van der Waals surface area contributed by atoms with Crippen LogP contribution in [-0.4, -0.2) is 50.2 Å². The highest BCUT2D eigenvalue weighted by molar-refractivity contribution is 5.93. The number of nitrogens with one attached hydrogen (secondary N) is 2. The Labute approximate surface area is 152 Å². The molecule has 2 aromatic rings. The molecule has 0 bridgehead atoms. The number of aromatic amines is 1. The van der Waals surface area contributed by atoms with Gasteiger partial charge in [-0.05, 0) is 34.1 Å². The van der Waals surface area contributed by atoms with E-state index in [0.29, 0.717) is 38.3 Å². The predicted molar refractivity (Wildman–Crippen MR) is 99.4 cm³/mol. The summed E-state index contributed by atoms with van der Waals surface area (Å²) in [6, 6.07) is 0. The molecule has 140 valence electrons. The molecule has 0 fully saturated rings. The second-order valence-corrected chi connectivity index (χ2v) is 6.76. The summed E-state index contributed by atoms with van der Waals surface area (Å²) >= 11 is 0. The summed E-state index contributed by atoms with van der Waals surface area (Å²) < 4.78 is 1.88. The monoisotopic (exact) mass is 358 g/mol. The van der Waals surface area contributed by atoms with Crippen molar-refractivity contribution in [1.82, 2.24) is 24.6 Å². The molecule has 0 radical (unpaired) electrons. The molecule has 2 aromatic heterocycles. The van der Waals surface area contributed by atoms with Crippen molar-refractivity contribution in [3.8, 4) is 0 Å². The maximum Gasteiger partial charge on any atom is 0.254 e. The molecule has 3 heterocycles. The molecule has 26 heavy (non-hydrogen) atoms. The summed E-state index contributed by atoms with van der Waals surface area (Å²) in [4.78, 5) is 33.9. The van der Waals surface area contributed by atoms with E-state index in [1.807, 2.05) is 25.5 Å². The smallest absolute Gasteiger partial charge is 0.254 e. The number of fused-ring (bicyclic) bond motifs is 1. The van der Waals surface area contributed by atoms with Gasteiger partial charge in [0.15, 0.2) is 0 Å². The van der Waals surface area contributed by atoms with E-state index in [0.717, 1.165) is 34.9 Å². The van der Waals surface area contributed by atoms with Crippen LogP contribution in [-0.2, 0) is 24.2 Å². The minimum Gasteiger partial charge on any atom is -0.322 e. The Bertz CT molecular complexity index is 883. The fraction of sp³-hybridized carbons (Fsp3) is 0.556. The average Bonchev–Trinajstić information content (AvgIpc) is 2.74. The fourth-order valence-electron chi connectivity index (χ4n) is 3.50. The normalized spacial score (nSPS) is 14.8. The first kappa shape index (κ1) is 18.3. The summed E-state index contributed by atoms with van der Waals surface area (Å²) in [5, 5.41) is 7.43. The largest absolute Gasteiger partial charge is 0.322 e. The molecule has 2 N–H and O–H groups in total. The van der Waals surface area contributed by atoms with Crippen LogP contribution in [0.1, 0.15) is 35.4 Å². The number of aryl methyl sites for hydroxylation is 3. The van der Waals surface area contributed by atoms with Gasteiger partial charge in [0.1, 0.15) is 5.82 Å². The summed E-state index contributed by atoms with van der Waals surface area (Å²) in [6.07, 6.45) is 1.29. The number of aromatic nitrogens is 4. The molecule has 3 rings (SSSR count). The number of hydrogen-bond donors (Lipinski definition) is 2. The number of hydrogen-bond acceptors (Lipinski definition) is 5. The van der Waals surface area contributed by atoms with Gasteiger partial charge in [-0.1, -0.05) is 0 Å². The number of H-pyrrole nitrogens is 1. The van der Waals surface area contributed by atoms with Crippen molar-refractivity contribution in [3.05, 3.63) is 38.8 Å². The van der Waals surface area contributed by atoms with Gasteiger partial charge in [0, 0.05) is 31.6 Å². The van der Waals surface area contributed by atoms with Gasteiger partial charge in [0.2, 0.25) is 5.91 Å². The van der Waals surface area contributed by atoms with Crippen LogP contribution in [0.5, 0.6) is 0 Å². The van der Waals surface area contributed by atoms with Crippen LogP contribution in [0.3, 0.4) is 0 Å². The van der Waals surface area contributed by atoms with Gasteiger partial charge >= 0.3 is 0 Å². The molecule has 1 aliphatic rings. The lowest BCUT2D eigenvalue weighted by Gasteiger charge is -2.19. The van der Waals surface area contributed by atoms with Crippen molar-refractivity contribution < 1.29 is 4.79 Å². The van der Waals surface area contributed by atoms with Crippen LogP contribution >= 0.6 is 0 Å². The molecule has 8 heteroatoms. The Hall–Kier alpha value is -2.48. The average molecular weight is 358 g/mol. The van der Waals surface area contributed by atoms with Gasteiger partial charge in [-0.25, -0.2) is 4.98 Å². The molecule has 0 aliphatic carbocycles. The molecule has 0 aromatic carbocycles. The second kappa shape index (κ2) is 7.41. The molecule has 8 nitrogen and oxygen atoms in total. The maximum atomic E-state index is 12.5. The molecule has 0 unspecified atom stereocenters. The lowest BCUT2D eigenvalue weighted by Crippen LogP contribution is -2.35. The van der Waals surface area contributed by atoms with Gasteiger partial charge in [0.05, 0.1) is 29.3 Å². The molecule has 0 saturated heterocycles. The van der Waals surface area contributed by atoms with E-state index >= 15 is 0 Å². The third-order valence-corrected chi connectivity index (χ3v) is 4.88. The number of anilines is 1. The Morgan fingerprint density at radius 3 is 2.65 bits per heavy atom. The molecular weight excluding hydrogens is 332 g/mol. The van der Waals surface area contributed by atoms with Gasteiger partial charge in [-0.3, -0.25) is 19.2 Å².